The van der Waals surface area contributed by atoms with E-state index in [0.717, 1.165) is 11.1 Å². The van der Waals surface area contributed by atoms with Crippen molar-refractivity contribution < 1.29 is 0 Å². The Morgan fingerprint density at radius 2 is 2.00 bits per heavy atom. The van der Waals surface area contributed by atoms with Crippen LogP contribution in [0.2, 0.25) is 19.6 Å². The van der Waals surface area contributed by atoms with Gasteiger partial charge in [-0.25, -0.2) is 4.98 Å². The van der Waals surface area contributed by atoms with Gasteiger partial charge in [-0.3, -0.25) is 0 Å². The van der Waals surface area contributed by atoms with E-state index in [0.29, 0.717) is 5.56 Å². The molecule has 2 N–H and O–H groups in total. The largest absolute Gasteiger partial charge is 0.383 e. The number of pyridine rings is 1. The molecule has 0 aliphatic rings. The first-order valence-electron chi connectivity index (χ1n) is 5.03. The van der Waals surface area contributed by atoms with Gasteiger partial charge in [0.05, 0.1) is 5.56 Å². The number of hydrogen-bond acceptors (Lipinski definition) is 3. The number of nitriles is 1. The maximum absolute atomic E-state index is 8.94. The minimum absolute atomic E-state index is 0.276. The van der Waals surface area contributed by atoms with E-state index in [1.54, 1.807) is 6.20 Å². The van der Waals surface area contributed by atoms with Crippen molar-refractivity contribution in [3.8, 4) is 17.5 Å². The van der Waals surface area contributed by atoms with E-state index in [9.17, 15) is 0 Å². The lowest BCUT2D eigenvalue weighted by molar-refractivity contribution is 1.25. The zero-order valence-electron chi connectivity index (χ0n) is 10.0. The number of nitrogen functional groups attached to an aromatic ring is 1. The van der Waals surface area contributed by atoms with Gasteiger partial charge in [0, 0.05) is 11.8 Å². The van der Waals surface area contributed by atoms with Gasteiger partial charge in [-0.15, -0.1) is 5.54 Å². The van der Waals surface area contributed by atoms with Crippen molar-refractivity contribution in [1.29, 1.82) is 5.26 Å². The predicted molar refractivity (Wildman–Crippen MR) is 68.3 cm³/mol. The van der Waals surface area contributed by atoms with Crippen molar-refractivity contribution in [3.63, 3.8) is 0 Å². The van der Waals surface area contributed by atoms with Gasteiger partial charge in [0.1, 0.15) is 20.0 Å². The molecular weight excluding hydrogens is 214 g/mol. The molecule has 1 rings (SSSR count). The monoisotopic (exact) mass is 229 g/mol. The van der Waals surface area contributed by atoms with E-state index in [1.807, 2.05) is 6.92 Å². The topological polar surface area (TPSA) is 62.7 Å². The Morgan fingerprint density at radius 3 is 2.50 bits per heavy atom. The molecule has 4 heteroatoms. The average Bonchev–Trinajstić information content (AvgIpc) is 2.16. The fourth-order valence-corrected chi connectivity index (χ4v) is 1.65. The standard InChI is InChI=1S/C12H15N3Si/c1-9-10(5-6-16(2,3)4)8-15-12(14)11(9)7-13/h8H,1-4H3,(H2,14,15). The molecular formula is C12H15N3Si. The number of aromatic nitrogens is 1. The van der Waals surface area contributed by atoms with Gasteiger partial charge in [-0.1, -0.05) is 25.6 Å². The van der Waals surface area contributed by atoms with Gasteiger partial charge in [0.25, 0.3) is 0 Å². The fourth-order valence-electron chi connectivity index (χ4n) is 1.14. The molecule has 0 amide bonds. The quantitative estimate of drug-likeness (QED) is 0.547. The SMILES string of the molecule is Cc1c(C#C[Si](C)(C)C)cnc(N)c1C#N. The molecule has 0 atom stereocenters. The van der Waals surface area contributed by atoms with E-state index in [-0.39, 0.29) is 5.82 Å². The van der Waals surface area contributed by atoms with Crippen LogP contribution < -0.4 is 5.73 Å². The summed E-state index contributed by atoms with van der Waals surface area (Å²) in [6.45, 7) is 8.37. The molecule has 0 fully saturated rings. The van der Waals surface area contributed by atoms with E-state index >= 15 is 0 Å². The van der Waals surface area contributed by atoms with Gasteiger partial charge < -0.3 is 5.73 Å². The first-order chi connectivity index (χ1) is 7.35. The van der Waals surface area contributed by atoms with Crippen LogP contribution >= 0.6 is 0 Å². The Hall–Kier alpha value is -1.78. The molecule has 0 radical (unpaired) electrons. The van der Waals surface area contributed by atoms with Crippen LogP contribution in [0, 0.1) is 29.7 Å². The number of hydrogen-bond donors (Lipinski definition) is 1. The van der Waals surface area contributed by atoms with Crippen molar-refractivity contribution in [3.05, 3.63) is 22.9 Å². The van der Waals surface area contributed by atoms with Crippen LogP contribution in [-0.2, 0) is 0 Å². The van der Waals surface area contributed by atoms with Crippen LogP contribution in [0.15, 0.2) is 6.20 Å². The van der Waals surface area contributed by atoms with Crippen LogP contribution in [0.4, 0.5) is 5.82 Å². The Labute approximate surface area is 97.3 Å². The molecule has 16 heavy (non-hydrogen) atoms. The number of nitrogens with zero attached hydrogens (tertiary/aromatic N) is 2. The Morgan fingerprint density at radius 1 is 1.38 bits per heavy atom. The zero-order chi connectivity index (χ0) is 12.3. The van der Waals surface area contributed by atoms with Crippen molar-refractivity contribution >= 4 is 13.9 Å². The highest BCUT2D eigenvalue weighted by Gasteiger charge is 2.10. The second-order valence-corrected chi connectivity index (χ2v) is 9.42. The lowest BCUT2D eigenvalue weighted by atomic mass is 10.1. The molecule has 0 aliphatic heterocycles. The van der Waals surface area contributed by atoms with Crippen LogP contribution in [0.3, 0.4) is 0 Å². The Balaban J connectivity index is 3.28. The molecule has 1 aromatic rings. The molecule has 82 valence electrons. The maximum Gasteiger partial charge on any atom is 0.141 e. The first kappa shape index (κ1) is 12.3. The molecule has 0 saturated carbocycles. The van der Waals surface area contributed by atoms with E-state index in [2.05, 4.69) is 42.2 Å². The summed E-state index contributed by atoms with van der Waals surface area (Å²) in [6.07, 6.45) is 1.64. The lowest BCUT2D eigenvalue weighted by Gasteiger charge is -2.05. The summed E-state index contributed by atoms with van der Waals surface area (Å²) in [5.41, 5.74) is 10.9. The third-order valence-electron chi connectivity index (χ3n) is 2.05. The van der Waals surface area contributed by atoms with Crippen molar-refractivity contribution in [2.75, 3.05) is 5.73 Å². The Kier molecular flexibility index (Phi) is 3.37. The summed E-state index contributed by atoms with van der Waals surface area (Å²) >= 11 is 0. The van der Waals surface area contributed by atoms with E-state index < -0.39 is 8.07 Å². The first-order valence-corrected chi connectivity index (χ1v) is 8.53. The minimum Gasteiger partial charge on any atom is -0.383 e. The molecule has 0 unspecified atom stereocenters. The van der Waals surface area contributed by atoms with Gasteiger partial charge in [0.15, 0.2) is 0 Å². The molecule has 0 bridgehead atoms. The summed E-state index contributed by atoms with van der Waals surface area (Å²) in [6, 6.07) is 2.06. The summed E-state index contributed by atoms with van der Waals surface area (Å²) in [5, 5.41) is 8.94. The summed E-state index contributed by atoms with van der Waals surface area (Å²) < 4.78 is 0. The summed E-state index contributed by atoms with van der Waals surface area (Å²) in [7, 11) is -1.41. The van der Waals surface area contributed by atoms with Crippen LogP contribution in [0.1, 0.15) is 16.7 Å². The Bertz CT molecular complexity index is 510. The summed E-state index contributed by atoms with van der Waals surface area (Å²) in [5.74, 6) is 3.37. The zero-order valence-corrected chi connectivity index (χ0v) is 11.0. The molecule has 0 saturated heterocycles. The van der Waals surface area contributed by atoms with Crippen LogP contribution in [-0.4, -0.2) is 13.1 Å². The smallest absolute Gasteiger partial charge is 0.141 e. The fraction of sp³-hybridized carbons (Fsp3) is 0.333. The van der Waals surface area contributed by atoms with E-state index in [1.165, 1.54) is 0 Å². The van der Waals surface area contributed by atoms with Crippen molar-refractivity contribution in [1.82, 2.24) is 4.98 Å². The van der Waals surface area contributed by atoms with Gasteiger partial charge in [0.2, 0.25) is 0 Å². The molecule has 1 aromatic heterocycles. The van der Waals surface area contributed by atoms with Gasteiger partial charge >= 0.3 is 0 Å². The lowest BCUT2D eigenvalue weighted by Crippen LogP contribution is -2.16. The molecule has 0 aromatic carbocycles. The van der Waals surface area contributed by atoms with Crippen LogP contribution in [0.5, 0.6) is 0 Å². The van der Waals surface area contributed by atoms with E-state index in [4.69, 9.17) is 11.0 Å². The predicted octanol–water partition coefficient (Wildman–Crippen LogP) is 2.07. The average molecular weight is 229 g/mol. The molecule has 3 nitrogen and oxygen atoms in total. The van der Waals surface area contributed by atoms with Crippen molar-refractivity contribution in [2.24, 2.45) is 0 Å². The third-order valence-corrected chi connectivity index (χ3v) is 2.93. The van der Waals surface area contributed by atoms with Gasteiger partial charge in [-0.2, -0.15) is 5.26 Å². The minimum atomic E-state index is -1.41. The normalized spacial score (nSPS) is 10.2. The molecule has 0 aliphatic carbocycles. The molecule has 0 spiro atoms. The molecule has 1 heterocycles. The third kappa shape index (κ3) is 2.85. The highest BCUT2D eigenvalue weighted by Crippen LogP contribution is 2.16. The second-order valence-electron chi connectivity index (χ2n) is 4.67. The highest BCUT2D eigenvalue weighted by atomic mass is 28.3. The van der Waals surface area contributed by atoms with Crippen molar-refractivity contribution in [2.45, 2.75) is 26.6 Å². The number of nitrogens with two attached hydrogens (primary N) is 1. The summed E-state index contributed by atoms with van der Waals surface area (Å²) in [4.78, 5) is 3.98. The number of rotatable bonds is 0. The maximum atomic E-state index is 8.94. The second kappa shape index (κ2) is 4.38. The highest BCUT2D eigenvalue weighted by molar-refractivity contribution is 6.83. The van der Waals surface area contributed by atoms with Crippen LogP contribution in [0.25, 0.3) is 0 Å². The van der Waals surface area contributed by atoms with Gasteiger partial charge in [-0.05, 0) is 12.5 Å². The number of anilines is 1.